The SMILES string of the molecule is CCc1cccc(C(=O)C2CC3CCC(C2)O3)c1. The molecule has 2 unspecified atom stereocenters. The Morgan fingerprint density at radius 2 is 2.00 bits per heavy atom. The fraction of sp³-hybridized carbons (Fsp3) is 0.562. The van der Waals surface area contributed by atoms with E-state index >= 15 is 0 Å². The van der Waals surface area contributed by atoms with Crippen molar-refractivity contribution in [3.05, 3.63) is 35.4 Å². The molecule has 2 heterocycles. The summed E-state index contributed by atoms with van der Waals surface area (Å²) in [6, 6.07) is 8.10. The molecule has 0 N–H and O–H groups in total. The molecule has 0 aliphatic carbocycles. The van der Waals surface area contributed by atoms with Crippen LogP contribution in [-0.2, 0) is 11.2 Å². The summed E-state index contributed by atoms with van der Waals surface area (Å²) in [5.74, 6) is 0.508. The van der Waals surface area contributed by atoms with Crippen LogP contribution in [0.1, 0.15) is 48.5 Å². The molecule has 1 aromatic rings. The molecule has 0 amide bonds. The van der Waals surface area contributed by atoms with Crippen LogP contribution >= 0.6 is 0 Å². The maximum atomic E-state index is 12.5. The van der Waals surface area contributed by atoms with E-state index in [2.05, 4.69) is 19.1 Å². The minimum Gasteiger partial charge on any atom is -0.375 e. The third-order valence-corrected chi connectivity index (χ3v) is 4.28. The van der Waals surface area contributed by atoms with Gasteiger partial charge in [-0.15, -0.1) is 0 Å². The first-order valence-electron chi connectivity index (χ1n) is 7.05. The van der Waals surface area contributed by atoms with Gasteiger partial charge in [0.2, 0.25) is 0 Å². The van der Waals surface area contributed by atoms with Gasteiger partial charge in [-0.05, 0) is 43.7 Å². The molecule has 18 heavy (non-hydrogen) atoms. The fourth-order valence-corrected chi connectivity index (χ4v) is 3.25. The highest BCUT2D eigenvalue weighted by Gasteiger charge is 2.38. The third kappa shape index (κ3) is 2.22. The number of aryl methyl sites for hydroxylation is 1. The average molecular weight is 244 g/mol. The zero-order chi connectivity index (χ0) is 12.5. The number of hydrogen-bond donors (Lipinski definition) is 0. The van der Waals surface area contributed by atoms with Crippen molar-refractivity contribution in [1.82, 2.24) is 0 Å². The highest BCUT2D eigenvalue weighted by atomic mass is 16.5. The molecular formula is C16H20O2. The van der Waals surface area contributed by atoms with E-state index in [9.17, 15) is 4.79 Å². The Labute approximate surface area is 108 Å². The quantitative estimate of drug-likeness (QED) is 0.762. The van der Waals surface area contributed by atoms with E-state index in [1.807, 2.05) is 12.1 Å². The summed E-state index contributed by atoms with van der Waals surface area (Å²) in [6.45, 7) is 2.12. The first-order valence-corrected chi connectivity index (χ1v) is 7.05. The first kappa shape index (κ1) is 11.9. The van der Waals surface area contributed by atoms with E-state index in [4.69, 9.17) is 4.74 Å². The van der Waals surface area contributed by atoms with E-state index in [0.29, 0.717) is 18.0 Å². The average Bonchev–Trinajstić information content (AvgIpc) is 2.76. The molecule has 2 saturated heterocycles. The molecule has 96 valence electrons. The molecule has 2 atom stereocenters. The van der Waals surface area contributed by atoms with Crippen molar-refractivity contribution in [3.63, 3.8) is 0 Å². The smallest absolute Gasteiger partial charge is 0.166 e. The lowest BCUT2D eigenvalue weighted by Crippen LogP contribution is -2.30. The van der Waals surface area contributed by atoms with Crippen LogP contribution in [-0.4, -0.2) is 18.0 Å². The zero-order valence-electron chi connectivity index (χ0n) is 10.9. The van der Waals surface area contributed by atoms with Crippen molar-refractivity contribution in [1.29, 1.82) is 0 Å². The summed E-state index contributed by atoms with van der Waals surface area (Å²) in [6.07, 6.45) is 5.80. The Morgan fingerprint density at radius 1 is 1.28 bits per heavy atom. The summed E-state index contributed by atoms with van der Waals surface area (Å²) < 4.78 is 5.81. The maximum absolute atomic E-state index is 12.5. The van der Waals surface area contributed by atoms with Crippen molar-refractivity contribution in [3.8, 4) is 0 Å². The molecule has 2 aliphatic heterocycles. The first-order chi connectivity index (χ1) is 8.76. The van der Waals surface area contributed by atoms with Gasteiger partial charge in [-0.3, -0.25) is 4.79 Å². The standard InChI is InChI=1S/C16H20O2/c1-2-11-4-3-5-12(8-11)16(17)13-9-14-6-7-15(10-13)18-14/h3-5,8,13-15H,2,6-7,9-10H2,1H3. The van der Waals surface area contributed by atoms with Gasteiger partial charge in [0.15, 0.2) is 5.78 Å². The number of carbonyl (C=O) groups excluding carboxylic acids is 1. The number of ketones is 1. The van der Waals surface area contributed by atoms with Gasteiger partial charge < -0.3 is 4.74 Å². The van der Waals surface area contributed by atoms with Crippen LogP contribution < -0.4 is 0 Å². The Morgan fingerprint density at radius 3 is 2.67 bits per heavy atom. The molecule has 0 saturated carbocycles. The largest absolute Gasteiger partial charge is 0.375 e. The minimum atomic E-state index is 0.184. The van der Waals surface area contributed by atoms with Gasteiger partial charge in [0.1, 0.15) is 0 Å². The molecule has 3 rings (SSSR count). The molecule has 2 bridgehead atoms. The van der Waals surface area contributed by atoms with E-state index in [1.165, 1.54) is 5.56 Å². The number of carbonyl (C=O) groups is 1. The van der Waals surface area contributed by atoms with Crippen molar-refractivity contribution in [2.75, 3.05) is 0 Å². The summed E-state index contributed by atoms with van der Waals surface area (Å²) in [5, 5.41) is 0. The van der Waals surface area contributed by atoms with Gasteiger partial charge in [-0.25, -0.2) is 0 Å². The van der Waals surface area contributed by atoms with Crippen LogP contribution in [0.4, 0.5) is 0 Å². The van der Waals surface area contributed by atoms with Gasteiger partial charge in [-0.2, -0.15) is 0 Å². The fourth-order valence-electron chi connectivity index (χ4n) is 3.25. The van der Waals surface area contributed by atoms with Crippen LogP contribution in [0.2, 0.25) is 0 Å². The number of benzene rings is 1. The molecule has 0 aromatic heterocycles. The lowest BCUT2D eigenvalue weighted by atomic mass is 9.87. The lowest BCUT2D eigenvalue weighted by Gasteiger charge is -2.27. The van der Waals surface area contributed by atoms with Crippen LogP contribution in [0.3, 0.4) is 0 Å². The summed E-state index contributed by atoms with van der Waals surface area (Å²) >= 11 is 0. The van der Waals surface area contributed by atoms with E-state index in [1.54, 1.807) is 0 Å². The third-order valence-electron chi connectivity index (χ3n) is 4.28. The van der Waals surface area contributed by atoms with E-state index in [0.717, 1.165) is 37.7 Å². The number of rotatable bonds is 3. The van der Waals surface area contributed by atoms with Crippen LogP contribution in [0.25, 0.3) is 0 Å². The van der Waals surface area contributed by atoms with Crippen molar-refractivity contribution in [2.45, 2.75) is 51.2 Å². The van der Waals surface area contributed by atoms with Crippen LogP contribution in [0.5, 0.6) is 0 Å². The Balaban J connectivity index is 1.77. The highest BCUT2D eigenvalue weighted by Crippen LogP contribution is 2.37. The van der Waals surface area contributed by atoms with Crippen molar-refractivity contribution >= 4 is 5.78 Å². The number of ether oxygens (including phenoxy) is 1. The van der Waals surface area contributed by atoms with Gasteiger partial charge in [-0.1, -0.05) is 25.1 Å². The van der Waals surface area contributed by atoms with Crippen LogP contribution in [0, 0.1) is 5.92 Å². The number of hydrogen-bond acceptors (Lipinski definition) is 2. The molecule has 2 fully saturated rings. The summed E-state index contributed by atoms with van der Waals surface area (Å²) in [4.78, 5) is 12.5. The van der Waals surface area contributed by atoms with Gasteiger partial charge >= 0.3 is 0 Å². The minimum absolute atomic E-state index is 0.184. The maximum Gasteiger partial charge on any atom is 0.166 e. The number of Topliss-reactive ketones (excluding diaryl/α,β-unsaturated/α-hetero) is 1. The van der Waals surface area contributed by atoms with Crippen LogP contribution in [0.15, 0.2) is 24.3 Å². The second kappa shape index (κ2) is 4.85. The van der Waals surface area contributed by atoms with Gasteiger partial charge in [0.05, 0.1) is 12.2 Å². The van der Waals surface area contributed by atoms with Crippen molar-refractivity contribution < 1.29 is 9.53 Å². The second-order valence-corrected chi connectivity index (χ2v) is 5.54. The molecule has 0 spiro atoms. The molecule has 1 aromatic carbocycles. The Bertz CT molecular complexity index is 440. The normalized spacial score (nSPS) is 30.4. The zero-order valence-corrected chi connectivity index (χ0v) is 10.9. The monoisotopic (exact) mass is 244 g/mol. The lowest BCUT2D eigenvalue weighted by molar-refractivity contribution is -0.0149. The predicted octanol–water partition coefficient (Wildman–Crippen LogP) is 3.39. The van der Waals surface area contributed by atoms with E-state index in [-0.39, 0.29) is 5.92 Å². The van der Waals surface area contributed by atoms with E-state index < -0.39 is 0 Å². The van der Waals surface area contributed by atoms with Gasteiger partial charge in [0.25, 0.3) is 0 Å². The Kier molecular flexibility index (Phi) is 3.21. The van der Waals surface area contributed by atoms with Crippen molar-refractivity contribution in [2.24, 2.45) is 5.92 Å². The predicted molar refractivity (Wildman–Crippen MR) is 70.8 cm³/mol. The summed E-state index contributed by atoms with van der Waals surface area (Å²) in [7, 11) is 0. The number of fused-ring (bicyclic) bond motifs is 2. The second-order valence-electron chi connectivity index (χ2n) is 5.54. The topological polar surface area (TPSA) is 26.3 Å². The Hall–Kier alpha value is -1.15. The summed E-state index contributed by atoms with van der Waals surface area (Å²) in [5.41, 5.74) is 2.14. The molecule has 2 aliphatic rings. The molecule has 0 radical (unpaired) electrons. The molecular weight excluding hydrogens is 224 g/mol. The highest BCUT2D eigenvalue weighted by molar-refractivity contribution is 5.98. The molecule has 2 nitrogen and oxygen atoms in total. The van der Waals surface area contributed by atoms with Gasteiger partial charge in [0, 0.05) is 11.5 Å². The molecule has 2 heteroatoms.